The van der Waals surface area contributed by atoms with Crippen molar-refractivity contribution in [3.63, 3.8) is 0 Å². The van der Waals surface area contributed by atoms with Gasteiger partial charge in [0, 0.05) is 6.42 Å². The van der Waals surface area contributed by atoms with Crippen LogP contribution in [-0.4, -0.2) is 21.5 Å². The van der Waals surface area contributed by atoms with Gasteiger partial charge in [-0.1, -0.05) is 39.0 Å². The molecule has 1 rings (SSSR count). The van der Waals surface area contributed by atoms with Crippen LogP contribution in [0.4, 0.5) is 0 Å². The number of thiocarbonyl (C=S) groups is 1. The molecule has 0 aliphatic heterocycles. The number of thioether (sulfide) groups is 1. The van der Waals surface area contributed by atoms with Gasteiger partial charge < -0.3 is 4.74 Å². The second-order valence-electron chi connectivity index (χ2n) is 5.97. The Hall–Kier alpha value is -0.0900. The molecule has 1 aliphatic carbocycles. The number of ether oxygens (including phenoxy) is 1. The summed E-state index contributed by atoms with van der Waals surface area (Å²) in [4.78, 5) is 12.0. The van der Waals surface area contributed by atoms with Gasteiger partial charge in [-0.25, -0.2) is 0 Å². The van der Waals surface area contributed by atoms with E-state index in [2.05, 4.69) is 20.8 Å². The van der Waals surface area contributed by atoms with Crippen LogP contribution in [-0.2, 0) is 9.53 Å². The summed E-state index contributed by atoms with van der Waals surface area (Å²) in [6, 6.07) is 0. The lowest BCUT2D eigenvalue weighted by molar-refractivity contribution is -0.117. The van der Waals surface area contributed by atoms with Crippen molar-refractivity contribution in [3.05, 3.63) is 0 Å². The molecule has 0 bridgehead atoms. The van der Waals surface area contributed by atoms with Gasteiger partial charge in [0.15, 0.2) is 0 Å². The van der Waals surface area contributed by atoms with Crippen molar-refractivity contribution in [1.29, 1.82) is 0 Å². The van der Waals surface area contributed by atoms with Crippen LogP contribution < -0.4 is 0 Å². The summed E-state index contributed by atoms with van der Waals surface area (Å²) in [6.07, 6.45) is 2.83. The van der Waals surface area contributed by atoms with Crippen LogP contribution in [0.5, 0.6) is 0 Å². The van der Waals surface area contributed by atoms with E-state index >= 15 is 0 Å². The normalized spacial score (nSPS) is 24.7. The van der Waals surface area contributed by atoms with Crippen molar-refractivity contribution in [2.75, 3.05) is 0 Å². The molecule has 1 fully saturated rings. The number of Topliss-reactive ketones (excluding diaryl/α,β-unsaturated/α-hetero) is 1. The third-order valence-electron chi connectivity index (χ3n) is 3.89. The van der Waals surface area contributed by atoms with Gasteiger partial charge in [0.2, 0.25) is 4.38 Å². The van der Waals surface area contributed by atoms with Gasteiger partial charge >= 0.3 is 0 Å². The Kier molecular flexibility index (Phi) is 5.66. The number of ketones is 1. The van der Waals surface area contributed by atoms with Gasteiger partial charge in [-0.05, 0) is 43.8 Å². The molecule has 0 N–H and O–H groups in total. The molecule has 18 heavy (non-hydrogen) atoms. The first-order valence-corrected chi connectivity index (χ1v) is 7.95. The quantitative estimate of drug-likeness (QED) is 0.724. The zero-order chi connectivity index (χ0) is 13.9. The number of hydrogen-bond donors (Lipinski definition) is 0. The Morgan fingerprint density at radius 3 is 2.67 bits per heavy atom. The van der Waals surface area contributed by atoms with Gasteiger partial charge in [0.1, 0.15) is 5.78 Å². The van der Waals surface area contributed by atoms with E-state index in [0.29, 0.717) is 22.5 Å². The number of hydrogen-bond acceptors (Lipinski definition) is 4. The average molecular weight is 288 g/mol. The molecule has 2 nitrogen and oxygen atoms in total. The molecule has 2 unspecified atom stereocenters. The first-order valence-electron chi connectivity index (χ1n) is 6.66. The Labute approximate surface area is 120 Å². The highest BCUT2D eigenvalue weighted by atomic mass is 32.2. The fourth-order valence-electron chi connectivity index (χ4n) is 2.18. The van der Waals surface area contributed by atoms with Gasteiger partial charge in [0.25, 0.3) is 0 Å². The van der Waals surface area contributed by atoms with E-state index in [1.54, 1.807) is 0 Å². The highest BCUT2D eigenvalue weighted by Crippen LogP contribution is 2.43. The first-order chi connectivity index (χ1) is 8.26. The average Bonchev–Trinajstić information content (AvgIpc) is 2.60. The maximum atomic E-state index is 12.0. The summed E-state index contributed by atoms with van der Waals surface area (Å²) in [5.41, 5.74) is 0.242. The van der Waals surface area contributed by atoms with Crippen molar-refractivity contribution in [3.8, 4) is 0 Å². The zero-order valence-corrected chi connectivity index (χ0v) is 13.6. The van der Waals surface area contributed by atoms with E-state index in [1.807, 2.05) is 13.8 Å². The molecule has 0 heterocycles. The van der Waals surface area contributed by atoms with Gasteiger partial charge in [-0.2, -0.15) is 0 Å². The SMILES string of the molecule is CCC(C)(C)C1CC(=O)C(SC(=S)OC(C)C)C1. The van der Waals surface area contributed by atoms with Crippen LogP contribution in [0.3, 0.4) is 0 Å². The molecule has 0 spiro atoms. The van der Waals surface area contributed by atoms with Crippen LogP contribution in [0.1, 0.15) is 53.9 Å². The predicted octanol–water partition coefficient (Wildman–Crippen LogP) is 4.21. The van der Waals surface area contributed by atoms with Gasteiger partial charge in [-0.3, -0.25) is 4.79 Å². The second-order valence-corrected chi connectivity index (χ2v) is 7.77. The van der Waals surface area contributed by atoms with Crippen molar-refractivity contribution in [2.24, 2.45) is 11.3 Å². The number of rotatable bonds is 4. The molecule has 0 saturated heterocycles. The maximum absolute atomic E-state index is 12.0. The van der Waals surface area contributed by atoms with E-state index < -0.39 is 0 Å². The van der Waals surface area contributed by atoms with Crippen molar-refractivity contribution in [2.45, 2.75) is 65.2 Å². The summed E-state index contributed by atoms with van der Waals surface area (Å²) in [6.45, 7) is 10.6. The molecule has 2 atom stereocenters. The lowest BCUT2D eigenvalue weighted by Crippen LogP contribution is -2.21. The van der Waals surface area contributed by atoms with E-state index in [9.17, 15) is 4.79 Å². The fraction of sp³-hybridized carbons (Fsp3) is 0.857. The van der Waals surface area contributed by atoms with E-state index in [1.165, 1.54) is 11.8 Å². The Morgan fingerprint density at radius 2 is 2.17 bits per heavy atom. The topological polar surface area (TPSA) is 26.3 Å². The third kappa shape index (κ3) is 4.23. The van der Waals surface area contributed by atoms with E-state index in [0.717, 1.165) is 12.8 Å². The van der Waals surface area contributed by atoms with Crippen LogP contribution in [0.15, 0.2) is 0 Å². The van der Waals surface area contributed by atoms with Crippen LogP contribution in [0, 0.1) is 11.3 Å². The van der Waals surface area contributed by atoms with E-state index in [4.69, 9.17) is 17.0 Å². The minimum Gasteiger partial charge on any atom is -0.476 e. The first kappa shape index (κ1) is 16.0. The highest BCUT2D eigenvalue weighted by molar-refractivity contribution is 8.23. The Balaban J connectivity index is 2.55. The summed E-state index contributed by atoms with van der Waals surface area (Å²) in [7, 11) is 0. The monoisotopic (exact) mass is 288 g/mol. The summed E-state index contributed by atoms with van der Waals surface area (Å²) in [5, 5.41) is 0.00655. The van der Waals surface area contributed by atoms with Crippen molar-refractivity contribution < 1.29 is 9.53 Å². The summed E-state index contributed by atoms with van der Waals surface area (Å²) < 4.78 is 5.96. The number of carbonyl (C=O) groups excluding carboxylic acids is 1. The molecule has 1 aliphatic rings. The highest BCUT2D eigenvalue weighted by Gasteiger charge is 2.40. The third-order valence-corrected chi connectivity index (χ3v) is 5.31. The fourth-order valence-corrected chi connectivity index (χ4v) is 3.76. The molecular formula is C14H24O2S2. The predicted molar refractivity (Wildman–Crippen MR) is 82.0 cm³/mol. The number of carbonyl (C=O) groups is 1. The molecule has 0 aromatic carbocycles. The van der Waals surface area contributed by atoms with E-state index in [-0.39, 0.29) is 16.8 Å². The standard InChI is InChI=1S/C14H24O2S2/c1-6-14(4,5)10-7-11(15)12(8-10)18-13(17)16-9(2)3/h9-10,12H,6-8H2,1-5H3. The summed E-state index contributed by atoms with van der Waals surface area (Å²) >= 11 is 6.60. The van der Waals surface area contributed by atoms with Gasteiger partial charge in [0.05, 0.1) is 11.4 Å². The molecule has 104 valence electrons. The Morgan fingerprint density at radius 1 is 1.56 bits per heavy atom. The van der Waals surface area contributed by atoms with Crippen LogP contribution >= 0.6 is 24.0 Å². The smallest absolute Gasteiger partial charge is 0.220 e. The Bertz CT molecular complexity index is 324. The molecule has 0 aromatic heterocycles. The molecular weight excluding hydrogens is 264 g/mol. The minimum absolute atomic E-state index is 0.00655. The molecule has 0 amide bonds. The minimum atomic E-state index is 0.00655. The molecule has 1 saturated carbocycles. The van der Waals surface area contributed by atoms with Crippen LogP contribution in [0.2, 0.25) is 0 Å². The lowest BCUT2D eigenvalue weighted by atomic mass is 9.76. The molecule has 0 aromatic rings. The van der Waals surface area contributed by atoms with Crippen molar-refractivity contribution >= 4 is 34.1 Å². The molecule has 0 radical (unpaired) electrons. The second kappa shape index (κ2) is 6.38. The summed E-state index contributed by atoms with van der Waals surface area (Å²) in [5.74, 6) is 0.815. The maximum Gasteiger partial charge on any atom is 0.220 e. The lowest BCUT2D eigenvalue weighted by Gasteiger charge is -2.29. The zero-order valence-electron chi connectivity index (χ0n) is 12.0. The van der Waals surface area contributed by atoms with Crippen molar-refractivity contribution in [1.82, 2.24) is 0 Å². The largest absolute Gasteiger partial charge is 0.476 e. The van der Waals surface area contributed by atoms with Gasteiger partial charge in [-0.15, -0.1) is 0 Å². The molecule has 4 heteroatoms. The van der Waals surface area contributed by atoms with Crippen LogP contribution in [0.25, 0.3) is 0 Å².